The molecule has 0 aliphatic heterocycles. The fraction of sp³-hybridized carbons (Fsp3) is 1.00. The summed E-state index contributed by atoms with van der Waals surface area (Å²) in [6.07, 6.45) is -5.88. The summed E-state index contributed by atoms with van der Waals surface area (Å²) in [6.45, 7) is 1.82. The van der Waals surface area contributed by atoms with E-state index in [4.69, 9.17) is 10.6 Å². The zero-order valence-corrected chi connectivity index (χ0v) is 7.11. The Morgan fingerprint density at radius 2 is 1.69 bits per heavy atom. The maximum atomic E-state index is 13.1. The number of hydrogen-bond acceptors (Lipinski definition) is 3. The fourth-order valence-corrected chi connectivity index (χ4v) is 0.723. The molecule has 0 amide bonds. The third kappa shape index (κ3) is 1.79. The van der Waals surface area contributed by atoms with Crippen LogP contribution in [0.1, 0.15) is 20.3 Å². The van der Waals surface area contributed by atoms with Gasteiger partial charge in [-0.25, -0.2) is 9.92 Å². The zero-order chi connectivity index (χ0) is 10.9. The van der Waals surface area contributed by atoms with Crippen LogP contribution in [-0.2, 0) is 0 Å². The molecule has 0 aromatic carbocycles. The molecule has 0 rings (SSSR count). The molecule has 0 bridgehead atoms. The third-order valence-corrected chi connectivity index (χ3v) is 1.93. The first-order chi connectivity index (χ1) is 5.62. The molecule has 0 aliphatic carbocycles. The van der Waals surface area contributed by atoms with Gasteiger partial charge in [0.1, 0.15) is 5.60 Å². The molecule has 0 aromatic rings. The number of alkyl halides is 4. The number of rotatable bonds is 3. The normalized spacial score (nSPS) is 21.8. The van der Waals surface area contributed by atoms with Crippen molar-refractivity contribution in [1.82, 2.24) is 0 Å². The summed E-state index contributed by atoms with van der Waals surface area (Å²) in [5, 5.41) is 10.9. The Balaban J connectivity index is 5.18. The van der Waals surface area contributed by atoms with Crippen molar-refractivity contribution in [2.45, 2.75) is 37.8 Å². The number of aliphatic hydroxyl groups is 1. The van der Waals surface area contributed by atoms with Gasteiger partial charge in [-0.3, -0.25) is 0 Å². The van der Waals surface area contributed by atoms with Crippen LogP contribution >= 0.6 is 0 Å². The molecule has 0 aromatic heterocycles. The summed E-state index contributed by atoms with van der Waals surface area (Å²) < 4.78 is 49.2. The molecule has 7 heteroatoms. The van der Waals surface area contributed by atoms with E-state index in [9.17, 15) is 17.6 Å². The first kappa shape index (κ1) is 12.3. The lowest BCUT2D eigenvalue weighted by Gasteiger charge is -2.34. The van der Waals surface area contributed by atoms with Crippen LogP contribution < -0.4 is 0 Å². The minimum atomic E-state index is -5.38. The number of nitrogens with one attached hydrogen (secondary N) is 1. The minimum Gasteiger partial charge on any atom is -0.384 e. The largest absolute Gasteiger partial charge is 0.448 e. The molecule has 0 heterocycles. The van der Waals surface area contributed by atoms with Crippen molar-refractivity contribution in [1.29, 1.82) is 5.53 Å². The summed E-state index contributed by atoms with van der Waals surface area (Å²) in [5.41, 5.74) is 3.43. The zero-order valence-electron chi connectivity index (χ0n) is 7.11. The third-order valence-electron chi connectivity index (χ3n) is 1.93. The van der Waals surface area contributed by atoms with E-state index in [1.807, 2.05) is 5.11 Å². The molecule has 2 atom stereocenters. The molecular weight excluding hydrogens is 192 g/mol. The van der Waals surface area contributed by atoms with Crippen molar-refractivity contribution in [3.05, 3.63) is 0 Å². The second-order valence-electron chi connectivity index (χ2n) is 2.86. The topological polar surface area (TPSA) is 56.4 Å². The van der Waals surface area contributed by atoms with E-state index in [2.05, 4.69) is 0 Å². The standard InChI is InChI=1S/C6H10F4N2O/c1-3-4(2,13)5(7,12-11)6(8,9)10/h11,13H,3H2,1-2H3. The molecule has 2 unspecified atom stereocenters. The monoisotopic (exact) mass is 202 g/mol. The van der Waals surface area contributed by atoms with Crippen LogP contribution in [-0.4, -0.2) is 22.7 Å². The van der Waals surface area contributed by atoms with Gasteiger partial charge in [0.2, 0.25) is 0 Å². The van der Waals surface area contributed by atoms with E-state index >= 15 is 0 Å². The molecule has 0 spiro atoms. The lowest BCUT2D eigenvalue weighted by atomic mass is 9.91. The molecule has 0 aliphatic rings. The summed E-state index contributed by atoms with van der Waals surface area (Å²) in [5.74, 6) is -4.23. The lowest BCUT2D eigenvalue weighted by Crippen LogP contribution is -2.56. The van der Waals surface area contributed by atoms with Crippen molar-refractivity contribution in [2.24, 2.45) is 5.11 Å². The smallest absolute Gasteiger partial charge is 0.384 e. The Morgan fingerprint density at radius 3 is 1.77 bits per heavy atom. The molecular formula is C6H10F4N2O. The van der Waals surface area contributed by atoms with Gasteiger partial charge in [-0.05, 0) is 13.3 Å². The van der Waals surface area contributed by atoms with Crippen LogP contribution in [0.25, 0.3) is 0 Å². The molecule has 0 saturated carbocycles. The van der Waals surface area contributed by atoms with Crippen molar-refractivity contribution < 1.29 is 22.7 Å². The fourth-order valence-electron chi connectivity index (χ4n) is 0.723. The molecule has 78 valence electrons. The summed E-state index contributed by atoms with van der Waals surface area (Å²) in [6, 6.07) is 0. The van der Waals surface area contributed by atoms with Crippen LogP contribution in [0.15, 0.2) is 5.11 Å². The Bertz CT molecular complexity index is 203. The molecule has 2 N–H and O–H groups in total. The van der Waals surface area contributed by atoms with E-state index in [1.54, 1.807) is 0 Å². The van der Waals surface area contributed by atoms with Gasteiger partial charge >= 0.3 is 12.0 Å². The van der Waals surface area contributed by atoms with E-state index in [0.29, 0.717) is 6.92 Å². The highest BCUT2D eigenvalue weighted by atomic mass is 19.4. The molecule has 0 radical (unpaired) electrons. The van der Waals surface area contributed by atoms with E-state index in [1.165, 1.54) is 6.92 Å². The first-order valence-electron chi connectivity index (χ1n) is 3.49. The summed E-state index contributed by atoms with van der Waals surface area (Å²) >= 11 is 0. The Kier molecular flexibility index (Phi) is 3.03. The van der Waals surface area contributed by atoms with Crippen LogP contribution in [0.4, 0.5) is 17.6 Å². The van der Waals surface area contributed by atoms with Gasteiger partial charge < -0.3 is 5.11 Å². The van der Waals surface area contributed by atoms with Gasteiger partial charge in [-0.2, -0.15) is 13.2 Å². The minimum absolute atomic E-state index is 0.495. The van der Waals surface area contributed by atoms with Crippen molar-refractivity contribution in [2.75, 3.05) is 0 Å². The highest BCUT2D eigenvalue weighted by Crippen LogP contribution is 2.44. The molecule has 3 nitrogen and oxygen atoms in total. The second-order valence-corrected chi connectivity index (χ2v) is 2.86. The molecule has 0 saturated heterocycles. The maximum Gasteiger partial charge on any atom is 0.448 e. The number of nitrogens with zero attached hydrogens (tertiary/aromatic N) is 1. The summed E-state index contributed by atoms with van der Waals surface area (Å²) in [4.78, 5) is 0. The van der Waals surface area contributed by atoms with Crippen molar-refractivity contribution in [3.8, 4) is 0 Å². The highest BCUT2D eigenvalue weighted by molar-refractivity contribution is 4.98. The van der Waals surface area contributed by atoms with Gasteiger partial charge in [0.05, 0.1) is 0 Å². The maximum absolute atomic E-state index is 13.1. The Hall–Kier alpha value is -0.720. The van der Waals surface area contributed by atoms with Crippen LogP contribution in [0.3, 0.4) is 0 Å². The van der Waals surface area contributed by atoms with Gasteiger partial charge in [0.15, 0.2) is 0 Å². The van der Waals surface area contributed by atoms with Gasteiger partial charge in [-0.15, -0.1) is 5.11 Å². The second kappa shape index (κ2) is 3.21. The Morgan fingerprint density at radius 1 is 1.31 bits per heavy atom. The molecule has 0 fully saturated rings. The lowest BCUT2D eigenvalue weighted by molar-refractivity contribution is -0.285. The number of hydrogen-bond donors (Lipinski definition) is 2. The van der Waals surface area contributed by atoms with E-state index in [0.717, 1.165) is 0 Å². The first-order valence-corrected chi connectivity index (χ1v) is 3.49. The Labute approximate surface area is 72.3 Å². The van der Waals surface area contributed by atoms with Gasteiger partial charge in [-0.1, -0.05) is 6.92 Å². The van der Waals surface area contributed by atoms with Crippen LogP contribution in [0.2, 0.25) is 0 Å². The van der Waals surface area contributed by atoms with Crippen molar-refractivity contribution in [3.63, 3.8) is 0 Å². The van der Waals surface area contributed by atoms with Gasteiger partial charge in [0.25, 0.3) is 0 Å². The predicted octanol–water partition coefficient (Wildman–Crippen LogP) is 2.41. The van der Waals surface area contributed by atoms with Gasteiger partial charge in [0, 0.05) is 0 Å². The average molecular weight is 202 g/mol. The quantitative estimate of drug-likeness (QED) is 0.412. The molecule has 13 heavy (non-hydrogen) atoms. The van der Waals surface area contributed by atoms with E-state index in [-0.39, 0.29) is 0 Å². The summed E-state index contributed by atoms with van der Waals surface area (Å²) in [7, 11) is 0. The van der Waals surface area contributed by atoms with Crippen LogP contribution in [0, 0.1) is 5.53 Å². The average Bonchev–Trinajstić information content (AvgIpc) is 2.00. The number of halogens is 4. The van der Waals surface area contributed by atoms with Crippen LogP contribution in [0.5, 0.6) is 0 Å². The highest BCUT2D eigenvalue weighted by Gasteiger charge is 2.66. The predicted molar refractivity (Wildman–Crippen MR) is 36.0 cm³/mol. The van der Waals surface area contributed by atoms with E-state index < -0.39 is 24.0 Å². The SMILES string of the molecule is CCC(C)(O)C(F)(N=N)C(F)(F)F. The van der Waals surface area contributed by atoms with Crippen molar-refractivity contribution >= 4 is 0 Å².